The SMILES string of the molecule is CC1CCCC(CNCC2(O)CCSCC2)C1. The van der Waals surface area contributed by atoms with Gasteiger partial charge >= 0.3 is 0 Å². The van der Waals surface area contributed by atoms with Gasteiger partial charge in [0, 0.05) is 6.54 Å². The minimum atomic E-state index is -0.411. The van der Waals surface area contributed by atoms with Gasteiger partial charge in [-0.2, -0.15) is 11.8 Å². The van der Waals surface area contributed by atoms with Crippen LogP contribution in [0.15, 0.2) is 0 Å². The molecule has 1 saturated heterocycles. The van der Waals surface area contributed by atoms with Crippen molar-refractivity contribution in [3.63, 3.8) is 0 Å². The molecule has 2 aliphatic rings. The van der Waals surface area contributed by atoms with Crippen LogP contribution >= 0.6 is 11.8 Å². The predicted octanol–water partition coefficient (Wildman–Crippen LogP) is 2.66. The molecule has 1 heterocycles. The van der Waals surface area contributed by atoms with Gasteiger partial charge in [-0.25, -0.2) is 0 Å². The average molecular weight is 257 g/mol. The van der Waals surface area contributed by atoms with Gasteiger partial charge < -0.3 is 10.4 Å². The van der Waals surface area contributed by atoms with Crippen molar-refractivity contribution in [2.24, 2.45) is 11.8 Å². The van der Waals surface area contributed by atoms with E-state index < -0.39 is 5.60 Å². The average Bonchev–Trinajstić information content (AvgIpc) is 2.30. The Labute approximate surface area is 110 Å². The second-order valence-electron chi connectivity index (χ2n) is 6.11. The zero-order valence-corrected chi connectivity index (χ0v) is 11.9. The van der Waals surface area contributed by atoms with Crippen LogP contribution in [0.25, 0.3) is 0 Å². The van der Waals surface area contributed by atoms with Crippen LogP contribution in [0, 0.1) is 11.8 Å². The summed E-state index contributed by atoms with van der Waals surface area (Å²) < 4.78 is 0. The third-order valence-corrected chi connectivity index (χ3v) is 5.34. The van der Waals surface area contributed by atoms with Crippen molar-refractivity contribution in [3.8, 4) is 0 Å². The molecule has 3 heteroatoms. The number of hydrogen-bond donors (Lipinski definition) is 2. The van der Waals surface area contributed by atoms with Gasteiger partial charge in [0.1, 0.15) is 0 Å². The Kier molecular flexibility index (Phi) is 5.19. The van der Waals surface area contributed by atoms with E-state index >= 15 is 0 Å². The molecule has 100 valence electrons. The van der Waals surface area contributed by atoms with Crippen LogP contribution in [0.1, 0.15) is 45.4 Å². The van der Waals surface area contributed by atoms with Gasteiger partial charge in [-0.05, 0) is 55.6 Å². The van der Waals surface area contributed by atoms with Gasteiger partial charge in [-0.15, -0.1) is 0 Å². The van der Waals surface area contributed by atoms with Crippen LogP contribution in [0.5, 0.6) is 0 Å². The van der Waals surface area contributed by atoms with E-state index in [4.69, 9.17) is 0 Å². The molecule has 1 aliphatic carbocycles. The fourth-order valence-corrected chi connectivity index (χ4v) is 4.43. The molecule has 0 bridgehead atoms. The predicted molar refractivity (Wildman–Crippen MR) is 75.5 cm³/mol. The topological polar surface area (TPSA) is 32.3 Å². The zero-order valence-electron chi connectivity index (χ0n) is 11.1. The van der Waals surface area contributed by atoms with Gasteiger partial charge in [0.2, 0.25) is 0 Å². The molecule has 2 nitrogen and oxygen atoms in total. The lowest BCUT2D eigenvalue weighted by Crippen LogP contribution is -2.44. The first-order chi connectivity index (χ1) is 8.18. The molecule has 2 N–H and O–H groups in total. The molecule has 2 fully saturated rings. The smallest absolute Gasteiger partial charge is 0.0787 e. The first kappa shape index (κ1) is 13.7. The minimum absolute atomic E-state index is 0.411. The van der Waals surface area contributed by atoms with Crippen molar-refractivity contribution < 1.29 is 5.11 Å². The molecule has 2 unspecified atom stereocenters. The Balaban J connectivity index is 1.64. The lowest BCUT2D eigenvalue weighted by Gasteiger charge is -2.33. The molecule has 0 amide bonds. The van der Waals surface area contributed by atoms with Crippen LogP contribution in [-0.4, -0.2) is 35.3 Å². The summed E-state index contributed by atoms with van der Waals surface area (Å²) in [6.45, 7) is 4.29. The van der Waals surface area contributed by atoms with Crippen LogP contribution in [0.4, 0.5) is 0 Å². The lowest BCUT2D eigenvalue weighted by molar-refractivity contribution is 0.0309. The molecule has 0 aromatic carbocycles. The summed E-state index contributed by atoms with van der Waals surface area (Å²) in [6, 6.07) is 0. The summed E-state index contributed by atoms with van der Waals surface area (Å²) in [5.41, 5.74) is -0.411. The Morgan fingerprint density at radius 2 is 2.06 bits per heavy atom. The van der Waals surface area contributed by atoms with Crippen LogP contribution in [0.3, 0.4) is 0 Å². The summed E-state index contributed by atoms with van der Waals surface area (Å²) in [7, 11) is 0. The van der Waals surface area contributed by atoms with Crippen LogP contribution in [0.2, 0.25) is 0 Å². The molecule has 2 atom stereocenters. The fourth-order valence-electron chi connectivity index (χ4n) is 3.18. The first-order valence-electron chi connectivity index (χ1n) is 7.19. The van der Waals surface area contributed by atoms with Crippen molar-refractivity contribution in [3.05, 3.63) is 0 Å². The third-order valence-electron chi connectivity index (χ3n) is 4.36. The van der Waals surface area contributed by atoms with Crippen molar-refractivity contribution in [1.82, 2.24) is 5.32 Å². The summed E-state index contributed by atoms with van der Waals surface area (Å²) >= 11 is 1.97. The summed E-state index contributed by atoms with van der Waals surface area (Å²) in [6.07, 6.45) is 7.50. The van der Waals surface area contributed by atoms with Gasteiger partial charge in [0.25, 0.3) is 0 Å². The van der Waals surface area contributed by atoms with Crippen LogP contribution in [-0.2, 0) is 0 Å². The molecule has 17 heavy (non-hydrogen) atoms. The van der Waals surface area contributed by atoms with Crippen molar-refractivity contribution in [1.29, 1.82) is 0 Å². The summed E-state index contributed by atoms with van der Waals surface area (Å²) in [5.74, 6) is 4.00. The van der Waals surface area contributed by atoms with Gasteiger partial charge in [-0.3, -0.25) is 0 Å². The second kappa shape index (κ2) is 6.44. The highest BCUT2D eigenvalue weighted by Crippen LogP contribution is 2.29. The fraction of sp³-hybridized carbons (Fsp3) is 1.00. The highest BCUT2D eigenvalue weighted by molar-refractivity contribution is 7.99. The highest BCUT2D eigenvalue weighted by Gasteiger charge is 2.29. The molecule has 0 radical (unpaired) electrons. The van der Waals surface area contributed by atoms with E-state index in [9.17, 15) is 5.11 Å². The number of thioether (sulfide) groups is 1. The second-order valence-corrected chi connectivity index (χ2v) is 7.33. The zero-order chi connectivity index (χ0) is 12.1. The number of nitrogens with one attached hydrogen (secondary N) is 1. The first-order valence-corrected chi connectivity index (χ1v) is 8.34. The third kappa shape index (κ3) is 4.46. The van der Waals surface area contributed by atoms with E-state index in [2.05, 4.69) is 12.2 Å². The van der Waals surface area contributed by atoms with E-state index in [-0.39, 0.29) is 0 Å². The minimum Gasteiger partial charge on any atom is -0.389 e. The molecule has 1 saturated carbocycles. The maximum Gasteiger partial charge on any atom is 0.0787 e. The number of hydrogen-bond acceptors (Lipinski definition) is 3. The standard InChI is InChI=1S/C14H27NOS/c1-12-3-2-4-13(9-12)10-15-11-14(16)5-7-17-8-6-14/h12-13,15-16H,2-11H2,1H3. The van der Waals surface area contributed by atoms with Gasteiger partial charge in [0.05, 0.1) is 5.60 Å². The Morgan fingerprint density at radius 1 is 1.29 bits per heavy atom. The quantitative estimate of drug-likeness (QED) is 0.812. The molecular weight excluding hydrogens is 230 g/mol. The van der Waals surface area contributed by atoms with Gasteiger partial charge in [-0.1, -0.05) is 19.8 Å². The van der Waals surface area contributed by atoms with E-state index in [1.165, 1.54) is 25.7 Å². The van der Waals surface area contributed by atoms with Crippen molar-refractivity contribution >= 4 is 11.8 Å². The summed E-state index contributed by atoms with van der Waals surface area (Å²) in [5, 5.41) is 13.9. The Morgan fingerprint density at radius 3 is 2.76 bits per heavy atom. The largest absolute Gasteiger partial charge is 0.389 e. The molecule has 0 aromatic rings. The number of rotatable bonds is 4. The lowest BCUT2D eigenvalue weighted by atomic mass is 9.82. The van der Waals surface area contributed by atoms with E-state index in [0.717, 1.165) is 49.3 Å². The van der Waals surface area contributed by atoms with Crippen LogP contribution < -0.4 is 5.32 Å². The van der Waals surface area contributed by atoms with Crippen molar-refractivity contribution in [2.45, 2.75) is 51.0 Å². The Hall–Kier alpha value is 0.270. The van der Waals surface area contributed by atoms with E-state index in [0.29, 0.717) is 0 Å². The maximum absolute atomic E-state index is 10.4. The monoisotopic (exact) mass is 257 g/mol. The molecule has 1 aliphatic heterocycles. The number of aliphatic hydroxyl groups is 1. The summed E-state index contributed by atoms with van der Waals surface area (Å²) in [4.78, 5) is 0. The molecule has 0 spiro atoms. The van der Waals surface area contributed by atoms with Gasteiger partial charge in [0.15, 0.2) is 0 Å². The Bertz CT molecular complexity index is 228. The van der Waals surface area contributed by atoms with E-state index in [1.807, 2.05) is 11.8 Å². The molecule has 2 rings (SSSR count). The van der Waals surface area contributed by atoms with Crippen molar-refractivity contribution in [2.75, 3.05) is 24.6 Å². The molecule has 0 aromatic heterocycles. The normalized spacial score (nSPS) is 33.5. The maximum atomic E-state index is 10.4. The highest BCUT2D eigenvalue weighted by atomic mass is 32.2. The molecular formula is C14H27NOS. The van der Waals surface area contributed by atoms with E-state index in [1.54, 1.807) is 0 Å².